The molecule has 0 aliphatic heterocycles. The standard InChI is InChI=1S/C21H20F2N2/c1-14(16-4-2-6-19(23)12-16)25-21(15-8-10-18(22)11-9-15)17-5-3-7-20(24)13-17/h2-14,21,25H,24H2,1H3. The molecule has 2 unspecified atom stereocenters. The highest BCUT2D eigenvalue weighted by Crippen LogP contribution is 2.27. The molecule has 0 aliphatic carbocycles. The first-order valence-corrected chi connectivity index (χ1v) is 8.15. The van der Waals surface area contributed by atoms with Crippen LogP contribution < -0.4 is 11.1 Å². The van der Waals surface area contributed by atoms with Gasteiger partial charge in [0.15, 0.2) is 0 Å². The second-order valence-electron chi connectivity index (χ2n) is 6.10. The predicted octanol–water partition coefficient (Wildman–Crippen LogP) is 4.99. The van der Waals surface area contributed by atoms with E-state index in [-0.39, 0.29) is 23.7 Å². The number of halogens is 2. The molecule has 3 N–H and O–H groups in total. The van der Waals surface area contributed by atoms with Crippen LogP contribution in [0.2, 0.25) is 0 Å². The average molecular weight is 338 g/mol. The first-order valence-electron chi connectivity index (χ1n) is 8.15. The molecular weight excluding hydrogens is 318 g/mol. The van der Waals surface area contributed by atoms with Crippen molar-refractivity contribution in [1.82, 2.24) is 5.32 Å². The molecule has 0 radical (unpaired) electrons. The molecule has 3 rings (SSSR count). The fraction of sp³-hybridized carbons (Fsp3) is 0.143. The Morgan fingerprint density at radius 2 is 1.44 bits per heavy atom. The van der Waals surface area contributed by atoms with Crippen LogP contribution >= 0.6 is 0 Å². The van der Waals surface area contributed by atoms with E-state index < -0.39 is 0 Å². The van der Waals surface area contributed by atoms with Gasteiger partial charge in [-0.05, 0) is 60.0 Å². The van der Waals surface area contributed by atoms with Crippen LogP contribution in [0.5, 0.6) is 0 Å². The predicted molar refractivity (Wildman–Crippen MR) is 97.0 cm³/mol. The van der Waals surface area contributed by atoms with Crippen molar-refractivity contribution in [2.75, 3.05) is 5.73 Å². The maximum absolute atomic E-state index is 13.5. The van der Waals surface area contributed by atoms with Crippen molar-refractivity contribution in [3.05, 3.63) is 101 Å². The van der Waals surface area contributed by atoms with Crippen LogP contribution in [0.4, 0.5) is 14.5 Å². The van der Waals surface area contributed by atoms with E-state index in [2.05, 4.69) is 5.32 Å². The lowest BCUT2D eigenvalue weighted by Crippen LogP contribution is -2.26. The van der Waals surface area contributed by atoms with Gasteiger partial charge >= 0.3 is 0 Å². The van der Waals surface area contributed by atoms with Crippen molar-refractivity contribution in [3.63, 3.8) is 0 Å². The lowest BCUT2D eigenvalue weighted by Gasteiger charge is -2.25. The van der Waals surface area contributed by atoms with Gasteiger partial charge < -0.3 is 5.73 Å². The molecule has 3 aromatic carbocycles. The van der Waals surface area contributed by atoms with Gasteiger partial charge in [-0.15, -0.1) is 0 Å². The molecule has 0 saturated heterocycles. The van der Waals surface area contributed by atoms with E-state index in [0.29, 0.717) is 5.69 Å². The third kappa shape index (κ3) is 4.22. The zero-order valence-corrected chi connectivity index (χ0v) is 13.9. The highest BCUT2D eigenvalue weighted by Gasteiger charge is 2.18. The van der Waals surface area contributed by atoms with E-state index >= 15 is 0 Å². The summed E-state index contributed by atoms with van der Waals surface area (Å²) in [6.45, 7) is 1.97. The second kappa shape index (κ2) is 7.45. The third-order valence-electron chi connectivity index (χ3n) is 4.21. The molecule has 128 valence electrons. The lowest BCUT2D eigenvalue weighted by molar-refractivity contribution is 0.512. The Labute approximate surface area is 146 Å². The fourth-order valence-electron chi connectivity index (χ4n) is 2.90. The third-order valence-corrected chi connectivity index (χ3v) is 4.21. The van der Waals surface area contributed by atoms with Gasteiger partial charge in [0.05, 0.1) is 6.04 Å². The minimum atomic E-state index is -0.284. The number of hydrogen-bond donors (Lipinski definition) is 2. The van der Waals surface area contributed by atoms with Gasteiger partial charge in [-0.2, -0.15) is 0 Å². The molecule has 0 aliphatic rings. The van der Waals surface area contributed by atoms with Gasteiger partial charge in [0.1, 0.15) is 11.6 Å². The van der Waals surface area contributed by atoms with E-state index in [1.165, 1.54) is 24.3 Å². The molecule has 0 fully saturated rings. The Hall–Kier alpha value is -2.72. The lowest BCUT2D eigenvalue weighted by atomic mass is 9.96. The highest BCUT2D eigenvalue weighted by atomic mass is 19.1. The Balaban J connectivity index is 1.95. The topological polar surface area (TPSA) is 38.0 Å². The summed E-state index contributed by atoms with van der Waals surface area (Å²) in [5.41, 5.74) is 9.30. The molecule has 0 spiro atoms. The molecule has 4 heteroatoms. The first-order chi connectivity index (χ1) is 12.0. The van der Waals surface area contributed by atoms with Crippen LogP contribution in [0.3, 0.4) is 0 Å². The van der Waals surface area contributed by atoms with E-state index in [0.717, 1.165) is 16.7 Å². The van der Waals surface area contributed by atoms with Crippen molar-refractivity contribution >= 4 is 5.69 Å². The van der Waals surface area contributed by atoms with E-state index in [1.807, 2.05) is 37.3 Å². The first kappa shape index (κ1) is 17.1. The Morgan fingerprint density at radius 3 is 2.12 bits per heavy atom. The largest absolute Gasteiger partial charge is 0.399 e. The summed E-state index contributed by atoms with van der Waals surface area (Å²) in [5, 5.41) is 3.50. The van der Waals surface area contributed by atoms with Crippen LogP contribution in [0, 0.1) is 11.6 Å². The van der Waals surface area contributed by atoms with Crippen LogP contribution in [0.15, 0.2) is 72.8 Å². The molecule has 2 nitrogen and oxygen atoms in total. The summed E-state index contributed by atoms with van der Waals surface area (Å²) in [7, 11) is 0. The highest BCUT2D eigenvalue weighted by molar-refractivity contribution is 5.44. The number of benzene rings is 3. The average Bonchev–Trinajstić information content (AvgIpc) is 2.60. The zero-order chi connectivity index (χ0) is 17.8. The van der Waals surface area contributed by atoms with Gasteiger partial charge in [-0.25, -0.2) is 8.78 Å². The SMILES string of the molecule is CC(NC(c1ccc(F)cc1)c1cccc(N)c1)c1cccc(F)c1. The molecule has 0 saturated carbocycles. The number of nitrogen functional groups attached to an aromatic ring is 1. The minimum Gasteiger partial charge on any atom is -0.399 e. The number of nitrogens with one attached hydrogen (secondary N) is 1. The van der Waals surface area contributed by atoms with Crippen LogP contribution in [-0.2, 0) is 0 Å². The van der Waals surface area contributed by atoms with Gasteiger partial charge in [-0.3, -0.25) is 5.32 Å². The summed E-state index contributed by atoms with van der Waals surface area (Å²) < 4.78 is 26.8. The van der Waals surface area contributed by atoms with Crippen molar-refractivity contribution in [2.45, 2.75) is 19.0 Å². The molecule has 0 aromatic heterocycles. The van der Waals surface area contributed by atoms with Crippen molar-refractivity contribution in [1.29, 1.82) is 0 Å². The quantitative estimate of drug-likeness (QED) is 0.643. The normalized spacial score (nSPS) is 13.4. The van der Waals surface area contributed by atoms with E-state index in [1.54, 1.807) is 18.2 Å². The molecular formula is C21H20F2N2. The van der Waals surface area contributed by atoms with Crippen molar-refractivity contribution in [2.24, 2.45) is 0 Å². The minimum absolute atomic E-state index is 0.104. The smallest absolute Gasteiger partial charge is 0.123 e. The Bertz CT molecular complexity index is 847. The Kier molecular flexibility index (Phi) is 5.10. The van der Waals surface area contributed by atoms with Gasteiger partial charge in [-0.1, -0.05) is 36.4 Å². The van der Waals surface area contributed by atoms with Crippen molar-refractivity contribution in [3.8, 4) is 0 Å². The van der Waals surface area contributed by atoms with Gasteiger partial charge in [0, 0.05) is 11.7 Å². The monoisotopic (exact) mass is 338 g/mol. The summed E-state index contributed by atoms with van der Waals surface area (Å²) >= 11 is 0. The van der Waals surface area contributed by atoms with Gasteiger partial charge in [0.25, 0.3) is 0 Å². The summed E-state index contributed by atoms with van der Waals surface area (Å²) in [6.07, 6.45) is 0. The fourth-order valence-corrected chi connectivity index (χ4v) is 2.90. The Morgan fingerprint density at radius 1 is 0.760 bits per heavy atom. The maximum atomic E-state index is 13.5. The molecule has 25 heavy (non-hydrogen) atoms. The van der Waals surface area contributed by atoms with Gasteiger partial charge in [0.2, 0.25) is 0 Å². The molecule has 0 bridgehead atoms. The number of anilines is 1. The number of nitrogens with two attached hydrogens (primary N) is 1. The summed E-state index contributed by atoms with van der Waals surface area (Å²) in [4.78, 5) is 0. The van der Waals surface area contributed by atoms with Crippen LogP contribution in [0.25, 0.3) is 0 Å². The molecule has 0 amide bonds. The molecule has 3 aromatic rings. The number of hydrogen-bond acceptors (Lipinski definition) is 2. The second-order valence-corrected chi connectivity index (χ2v) is 6.10. The molecule has 0 heterocycles. The van der Waals surface area contributed by atoms with E-state index in [9.17, 15) is 8.78 Å². The maximum Gasteiger partial charge on any atom is 0.123 e. The van der Waals surface area contributed by atoms with Crippen LogP contribution in [-0.4, -0.2) is 0 Å². The zero-order valence-electron chi connectivity index (χ0n) is 13.9. The van der Waals surface area contributed by atoms with E-state index in [4.69, 9.17) is 5.73 Å². The molecule has 2 atom stereocenters. The van der Waals surface area contributed by atoms with Crippen LogP contribution in [0.1, 0.15) is 35.7 Å². The number of rotatable bonds is 5. The van der Waals surface area contributed by atoms with Crippen molar-refractivity contribution < 1.29 is 8.78 Å². The summed E-state index contributed by atoms with van der Waals surface area (Å²) in [6, 6.07) is 20.1. The summed E-state index contributed by atoms with van der Waals surface area (Å²) in [5.74, 6) is -0.554.